The van der Waals surface area contributed by atoms with Crippen molar-refractivity contribution >= 4 is 11.9 Å². The summed E-state index contributed by atoms with van der Waals surface area (Å²) in [7, 11) is 0. The molecule has 0 unspecified atom stereocenters. The molecule has 0 amide bonds. The third kappa shape index (κ3) is 2.88. The number of carboxylic acid groups (broad SMARTS) is 1. The van der Waals surface area contributed by atoms with E-state index in [1.54, 1.807) is 0 Å². The maximum Gasteiger partial charge on any atom is 0.394 e. The lowest BCUT2D eigenvalue weighted by Crippen LogP contribution is -2.13. The van der Waals surface area contributed by atoms with Crippen LogP contribution in [-0.2, 0) is 11.3 Å². The summed E-state index contributed by atoms with van der Waals surface area (Å²) in [5.41, 5.74) is 9.44. The van der Waals surface area contributed by atoms with Crippen LogP contribution in [0.4, 0.5) is 0 Å². The Labute approximate surface area is 154 Å². The van der Waals surface area contributed by atoms with Crippen LogP contribution in [0.25, 0.3) is 11.1 Å². The van der Waals surface area contributed by atoms with Gasteiger partial charge < -0.3 is 20.0 Å². The van der Waals surface area contributed by atoms with Gasteiger partial charge in [-0.1, -0.05) is 48.5 Å². The first-order chi connectivity index (χ1) is 13.1. The molecular weight excluding hydrogens is 348 g/mol. The highest BCUT2D eigenvalue weighted by Gasteiger charge is 2.30. The molecule has 0 atom stereocenters. The summed E-state index contributed by atoms with van der Waals surface area (Å²) in [6.45, 7) is -0.0824. The van der Waals surface area contributed by atoms with Crippen LogP contribution in [0.3, 0.4) is 0 Å². The minimum Gasteiger partial charge on any atom is -0.476 e. The van der Waals surface area contributed by atoms with E-state index in [1.165, 1.54) is 0 Å². The number of hydrogen-bond acceptors (Lipinski definition) is 6. The zero-order valence-corrected chi connectivity index (χ0v) is 14.2. The molecule has 7 heteroatoms. The second-order valence-corrected chi connectivity index (χ2v) is 6.13. The Kier molecular flexibility index (Phi) is 4.21. The molecule has 0 radical (unpaired) electrons. The van der Waals surface area contributed by atoms with Gasteiger partial charge in [0.1, 0.15) is 6.61 Å². The van der Waals surface area contributed by atoms with Gasteiger partial charge in [-0.3, -0.25) is 0 Å². The second-order valence-electron chi connectivity index (χ2n) is 6.13. The summed E-state index contributed by atoms with van der Waals surface area (Å²) in [4.78, 5) is 27.1. The van der Waals surface area contributed by atoms with Gasteiger partial charge in [0.05, 0.1) is 6.54 Å². The fourth-order valence-electron chi connectivity index (χ4n) is 3.40. The van der Waals surface area contributed by atoms with Crippen molar-refractivity contribution in [3.8, 4) is 11.1 Å². The Balaban J connectivity index is 1.57. The van der Waals surface area contributed by atoms with Gasteiger partial charge in [-0.15, -0.1) is 0 Å². The van der Waals surface area contributed by atoms with Crippen LogP contribution < -0.4 is 5.73 Å². The first kappa shape index (κ1) is 17.0. The molecular formula is C20H16N2O5. The van der Waals surface area contributed by atoms with Gasteiger partial charge in [0.2, 0.25) is 0 Å². The molecule has 1 aliphatic rings. The molecule has 27 heavy (non-hydrogen) atoms. The van der Waals surface area contributed by atoms with Crippen molar-refractivity contribution in [2.24, 2.45) is 5.73 Å². The molecule has 2 aromatic carbocycles. The highest BCUT2D eigenvalue weighted by Crippen LogP contribution is 2.44. The number of fused-ring (bicyclic) bond motifs is 3. The zero-order valence-electron chi connectivity index (χ0n) is 14.2. The number of aromatic carboxylic acids is 1. The van der Waals surface area contributed by atoms with E-state index < -0.39 is 17.8 Å². The molecule has 0 fully saturated rings. The Morgan fingerprint density at radius 2 is 1.67 bits per heavy atom. The molecule has 4 rings (SSSR count). The van der Waals surface area contributed by atoms with E-state index in [2.05, 4.69) is 4.98 Å². The predicted molar refractivity (Wildman–Crippen MR) is 95.4 cm³/mol. The second kappa shape index (κ2) is 6.69. The van der Waals surface area contributed by atoms with Crippen molar-refractivity contribution in [2.45, 2.75) is 12.5 Å². The van der Waals surface area contributed by atoms with Crippen molar-refractivity contribution in [3.63, 3.8) is 0 Å². The van der Waals surface area contributed by atoms with Gasteiger partial charge in [0.15, 0.2) is 11.5 Å². The maximum absolute atomic E-state index is 12.3. The topological polar surface area (TPSA) is 116 Å². The Morgan fingerprint density at radius 1 is 1.07 bits per heavy atom. The van der Waals surface area contributed by atoms with Crippen molar-refractivity contribution < 1.29 is 23.8 Å². The quantitative estimate of drug-likeness (QED) is 0.669. The molecule has 1 aliphatic carbocycles. The number of benzene rings is 2. The van der Waals surface area contributed by atoms with Crippen LogP contribution in [0.1, 0.15) is 44.0 Å². The van der Waals surface area contributed by atoms with Crippen molar-refractivity contribution in [3.05, 3.63) is 77.0 Å². The molecule has 0 saturated carbocycles. The lowest BCUT2D eigenvalue weighted by atomic mass is 9.98. The molecule has 7 nitrogen and oxygen atoms in total. The number of carbonyl (C=O) groups excluding carboxylic acids is 1. The molecule has 0 saturated heterocycles. The average Bonchev–Trinajstić information content (AvgIpc) is 3.26. The van der Waals surface area contributed by atoms with E-state index in [1.807, 2.05) is 48.5 Å². The van der Waals surface area contributed by atoms with Crippen molar-refractivity contribution in [1.82, 2.24) is 4.98 Å². The SMILES string of the molecule is NCc1oc(C(=O)OCC2c3ccccc3-c3ccccc32)nc1C(=O)O. The van der Waals surface area contributed by atoms with Gasteiger partial charge in [0, 0.05) is 5.92 Å². The van der Waals surface area contributed by atoms with Crippen LogP contribution in [0.2, 0.25) is 0 Å². The highest BCUT2D eigenvalue weighted by atomic mass is 16.5. The lowest BCUT2D eigenvalue weighted by Gasteiger charge is -2.13. The summed E-state index contributed by atoms with van der Waals surface area (Å²) in [5.74, 6) is -2.71. The highest BCUT2D eigenvalue weighted by molar-refractivity contribution is 5.90. The van der Waals surface area contributed by atoms with Crippen molar-refractivity contribution in [2.75, 3.05) is 6.61 Å². The van der Waals surface area contributed by atoms with Gasteiger partial charge in [0.25, 0.3) is 0 Å². The normalized spacial score (nSPS) is 12.5. The number of aromatic nitrogens is 1. The molecule has 3 N–H and O–H groups in total. The summed E-state index contributed by atoms with van der Waals surface area (Å²) in [6, 6.07) is 15.9. The van der Waals surface area contributed by atoms with Crippen LogP contribution in [-0.4, -0.2) is 28.6 Å². The average molecular weight is 364 g/mol. The van der Waals surface area contributed by atoms with Gasteiger partial charge in [-0.2, -0.15) is 4.98 Å². The molecule has 0 aliphatic heterocycles. The molecule has 0 bridgehead atoms. The largest absolute Gasteiger partial charge is 0.476 e. The van der Waals surface area contributed by atoms with E-state index in [0.29, 0.717) is 0 Å². The number of rotatable bonds is 5. The first-order valence-electron chi connectivity index (χ1n) is 8.38. The molecule has 1 heterocycles. The fraction of sp³-hybridized carbons (Fsp3) is 0.150. The van der Waals surface area contributed by atoms with Crippen LogP contribution in [0, 0.1) is 0 Å². The molecule has 136 valence electrons. The monoisotopic (exact) mass is 364 g/mol. The minimum atomic E-state index is -1.31. The Morgan fingerprint density at radius 3 is 2.19 bits per heavy atom. The maximum atomic E-state index is 12.3. The number of nitrogens with zero attached hydrogens (tertiary/aromatic N) is 1. The zero-order chi connectivity index (χ0) is 19.0. The number of nitrogens with two attached hydrogens (primary N) is 1. The number of hydrogen-bond donors (Lipinski definition) is 2. The number of ether oxygens (including phenoxy) is 1. The standard InChI is InChI=1S/C20H16N2O5/c21-9-16-17(19(23)24)22-18(27-16)20(25)26-10-15-13-7-3-1-5-11(13)12-6-2-4-8-14(12)15/h1-8,15H,9-10,21H2,(H,23,24). The third-order valence-corrected chi connectivity index (χ3v) is 4.60. The van der Waals surface area contributed by atoms with Gasteiger partial charge in [-0.05, 0) is 22.3 Å². The molecule has 0 spiro atoms. The summed E-state index contributed by atoms with van der Waals surface area (Å²) < 4.78 is 10.5. The van der Waals surface area contributed by atoms with Crippen LogP contribution >= 0.6 is 0 Å². The number of carbonyl (C=O) groups is 2. The lowest BCUT2D eigenvalue weighted by molar-refractivity contribution is 0.0446. The first-order valence-corrected chi connectivity index (χ1v) is 8.38. The molecule has 1 aromatic heterocycles. The Bertz CT molecular complexity index is 995. The minimum absolute atomic E-state index is 0.0639. The van der Waals surface area contributed by atoms with E-state index in [0.717, 1.165) is 22.3 Å². The molecule has 3 aromatic rings. The summed E-state index contributed by atoms with van der Waals surface area (Å²) >= 11 is 0. The fourth-order valence-corrected chi connectivity index (χ4v) is 3.40. The smallest absolute Gasteiger partial charge is 0.394 e. The summed E-state index contributed by atoms with van der Waals surface area (Å²) in [6.07, 6.45) is 0. The van der Waals surface area contributed by atoms with E-state index in [4.69, 9.17) is 20.0 Å². The van der Waals surface area contributed by atoms with Crippen LogP contribution in [0.15, 0.2) is 52.9 Å². The number of esters is 1. The van der Waals surface area contributed by atoms with Crippen LogP contribution in [0.5, 0.6) is 0 Å². The predicted octanol–water partition coefficient (Wildman–Crippen LogP) is 2.80. The third-order valence-electron chi connectivity index (χ3n) is 4.60. The van der Waals surface area contributed by atoms with E-state index >= 15 is 0 Å². The number of oxazole rings is 1. The van der Waals surface area contributed by atoms with Gasteiger partial charge in [-0.25, -0.2) is 9.59 Å². The Hall–Kier alpha value is -3.45. The van der Waals surface area contributed by atoms with E-state index in [9.17, 15) is 9.59 Å². The van der Waals surface area contributed by atoms with Crippen molar-refractivity contribution in [1.29, 1.82) is 0 Å². The van der Waals surface area contributed by atoms with Gasteiger partial charge >= 0.3 is 17.8 Å². The number of carboxylic acids is 1. The summed E-state index contributed by atoms with van der Waals surface area (Å²) in [5, 5.41) is 9.08. The van der Waals surface area contributed by atoms with E-state index in [-0.39, 0.29) is 30.5 Å².